The number of rotatable bonds is 4. The number of thioether (sulfide) groups is 1. The zero-order chi connectivity index (χ0) is 14.7. The highest BCUT2D eigenvalue weighted by Crippen LogP contribution is 2.28. The van der Waals surface area contributed by atoms with E-state index in [9.17, 15) is 9.59 Å². The number of benzene rings is 1. The Morgan fingerprint density at radius 3 is 2.90 bits per heavy atom. The molecule has 0 N–H and O–H groups in total. The lowest BCUT2D eigenvalue weighted by Crippen LogP contribution is -2.34. The molecule has 0 aromatic heterocycles. The summed E-state index contributed by atoms with van der Waals surface area (Å²) in [4.78, 5) is 31.8. The van der Waals surface area contributed by atoms with E-state index in [1.807, 2.05) is 30.5 Å². The van der Waals surface area contributed by atoms with Gasteiger partial charge in [0.1, 0.15) is 0 Å². The number of amides is 2. The second kappa shape index (κ2) is 6.28. The topological polar surface area (TPSA) is 49.9 Å². The van der Waals surface area contributed by atoms with Crippen LogP contribution in [0, 0.1) is 5.92 Å². The van der Waals surface area contributed by atoms with E-state index in [1.165, 1.54) is 12.2 Å². The summed E-state index contributed by atoms with van der Waals surface area (Å²) in [6, 6.07) is 7.78. The SMILES string of the molecule is CON(C)C(=O)[C@H]1CC(=O)N(c2cccc(SC)c2)C1. The first-order chi connectivity index (χ1) is 9.56. The lowest BCUT2D eigenvalue weighted by molar-refractivity contribution is -0.172. The van der Waals surface area contributed by atoms with Crippen molar-refractivity contribution in [3.05, 3.63) is 24.3 Å². The molecule has 1 atom stereocenters. The maximum Gasteiger partial charge on any atom is 0.251 e. The predicted octanol–water partition coefficient (Wildman–Crippen LogP) is 1.78. The third-order valence-corrected chi connectivity index (χ3v) is 4.15. The molecule has 6 heteroatoms. The standard InChI is InChI=1S/C14H18N2O3S/c1-15(19-2)14(18)10-7-13(17)16(9-10)11-5-4-6-12(8-11)20-3/h4-6,8,10H,7,9H2,1-3H3/t10-/m0/s1. The average molecular weight is 294 g/mol. The quantitative estimate of drug-likeness (QED) is 0.627. The summed E-state index contributed by atoms with van der Waals surface area (Å²) in [5.74, 6) is -0.527. The fourth-order valence-corrected chi connectivity index (χ4v) is 2.70. The van der Waals surface area contributed by atoms with E-state index in [1.54, 1.807) is 23.7 Å². The zero-order valence-corrected chi connectivity index (χ0v) is 12.6. The molecule has 0 radical (unpaired) electrons. The fraction of sp³-hybridized carbons (Fsp3) is 0.429. The van der Waals surface area contributed by atoms with E-state index in [2.05, 4.69) is 0 Å². The first-order valence-electron chi connectivity index (χ1n) is 6.33. The van der Waals surface area contributed by atoms with Crippen LogP contribution < -0.4 is 4.90 Å². The molecule has 0 spiro atoms. The summed E-state index contributed by atoms with van der Waals surface area (Å²) < 4.78 is 0. The van der Waals surface area contributed by atoms with Crippen molar-refractivity contribution in [2.75, 3.05) is 31.9 Å². The molecule has 1 fully saturated rings. The maximum absolute atomic E-state index is 12.1. The van der Waals surface area contributed by atoms with E-state index in [0.717, 1.165) is 10.6 Å². The predicted molar refractivity (Wildman–Crippen MR) is 78.5 cm³/mol. The summed E-state index contributed by atoms with van der Waals surface area (Å²) in [7, 11) is 3.00. The van der Waals surface area contributed by atoms with Crippen LogP contribution >= 0.6 is 11.8 Å². The third kappa shape index (κ3) is 2.96. The van der Waals surface area contributed by atoms with Crippen LogP contribution in [0.1, 0.15) is 6.42 Å². The minimum Gasteiger partial charge on any atom is -0.312 e. The Morgan fingerprint density at radius 1 is 1.50 bits per heavy atom. The van der Waals surface area contributed by atoms with Crippen LogP contribution in [0.5, 0.6) is 0 Å². The highest BCUT2D eigenvalue weighted by atomic mass is 32.2. The number of carbonyl (C=O) groups is 2. The van der Waals surface area contributed by atoms with Crippen LogP contribution in [0.25, 0.3) is 0 Å². The average Bonchev–Trinajstić information content (AvgIpc) is 2.87. The molecular weight excluding hydrogens is 276 g/mol. The van der Waals surface area contributed by atoms with Gasteiger partial charge in [0, 0.05) is 30.6 Å². The minimum atomic E-state index is -0.342. The van der Waals surface area contributed by atoms with Crippen molar-refractivity contribution in [1.29, 1.82) is 0 Å². The van der Waals surface area contributed by atoms with Crippen molar-refractivity contribution in [1.82, 2.24) is 5.06 Å². The fourth-order valence-electron chi connectivity index (χ4n) is 2.25. The van der Waals surface area contributed by atoms with Gasteiger partial charge in [0.2, 0.25) is 5.91 Å². The van der Waals surface area contributed by atoms with Crippen LogP contribution in [0.4, 0.5) is 5.69 Å². The minimum absolute atomic E-state index is 0.0221. The van der Waals surface area contributed by atoms with Gasteiger partial charge >= 0.3 is 0 Å². The lowest BCUT2D eigenvalue weighted by Gasteiger charge is -2.19. The Hall–Kier alpha value is -1.53. The normalized spacial score (nSPS) is 18.4. The Balaban J connectivity index is 2.14. The number of anilines is 1. The molecule has 1 aliphatic heterocycles. The van der Waals surface area contributed by atoms with E-state index in [4.69, 9.17) is 4.84 Å². The van der Waals surface area contributed by atoms with Crippen molar-refractivity contribution in [3.63, 3.8) is 0 Å². The van der Waals surface area contributed by atoms with E-state index in [-0.39, 0.29) is 24.2 Å². The molecule has 5 nitrogen and oxygen atoms in total. The molecule has 0 saturated carbocycles. The second-order valence-electron chi connectivity index (χ2n) is 4.63. The van der Waals surface area contributed by atoms with Crippen molar-refractivity contribution in [2.24, 2.45) is 5.92 Å². The van der Waals surface area contributed by atoms with E-state index in [0.29, 0.717) is 6.54 Å². The van der Waals surface area contributed by atoms with Crippen molar-refractivity contribution in [2.45, 2.75) is 11.3 Å². The summed E-state index contributed by atoms with van der Waals surface area (Å²) in [6.07, 6.45) is 2.22. The summed E-state index contributed by atoms with van der Waals surface area (Å²) in [5, 5.41) is 1.18. The van der Waals surface area contributed by atoms with Crippen LogP contribution in [0.15, 0.2) is 29.2 Å². The molecule has 1 saturated heterocycles. The van der Waals surface area contributed by atoms with Gasteiger partial charge in [-0.05, 0) is 24.5 Å². The molecule has 108 valence electrons. The van der Waals surface area contributed by atoms with Gasteiger partial charge in [-0.15, -0.1) is 11.8 Å². The number of carbonyl (C=O) groups excluding carboxylic acids is 2. The van der Waals surface area contributed by atoms with Gasteiger partial charge in [-0.1, -0.05) is 6.07 Å². The third-order valence-electron chi connectivity index (χ3n) is 3.42. The van der Waals surface area contributed by atoms with Crippen LogP contribution in [0.3, 0.4) is 0 Å². The molecule has 1 aliphatic rings. The highest BCUT2D eigenvalue weighted by Gasteiger charge is 2.36. The van der Waals surface area contributed by atoms with Gasteiger partial charge in [0.05, 0.1) is 13.0 Å². The number of nitrogens with zero attached hydrogens (tertiary/aromatic N) is 2. The zero-order valence-electron chi connectivity index (χ0n) is 11.8. The molecule has 20 heavy (non-hydrogen) atoms. The van der Waals surface area contributed by atoms with E-state index < -0.39 is 0 Å². The van der Waals surface area contributed by atoms with Gasteiger partial charge in [0.15, 0.2) is 0 Å². The number of hydrogen-bond acceptors (Lipinski definition) is 4. The molecule has 0 unspecified atom stereocenters. The molecule has 1 aromatic carbocycles. The van der Waals surface area contributed by atoms with E-state index >= 15 is 0 Å². The van der Waals surface area contributed by atoms with Crippen LogP contribution in [-0.4, -0.2) is 43.8 Å². The van der Waals surface area contributed by atoms with Gasteiger partial charge in [-0.3, -0.25) is 14.4 Å². The molecule has 1 aromatic rings. The second-order valence-corrected chi connectivity index (χ2v) is 5.50. The summed E-state index contributed by atoms with van der Waals surface area (Å²) in [5.41, 5.74) is 0.845. The van der Waals surface area contributed by atoms with Crippen LogP contribution in [-0.2, 0) is 14.4 Å². The maximum atomic E-state index is 12.1. The largest absolute Gasteiger partial charge is 0.312 e. The Bertz CT molecular complexity index is 521. The van der Waals surface area contributed by atoms with Crippen molar-refractivity contribution < 1.29 is 14.4 Å². The van der Waals surface area contributed by atoms with Crippen molar-refractivity contribution >= 4 is 29.3 Å². The highest BCUT2D eigenvalue weighted by molar-refractivity contribution is 7.98. The first kappa shape index (κ1) is 14.9. The van der Waals surface area contributed by atoms with Crippen LogP contribution in [0.2, 0.25) is 0 Å². The summed E-state index contributed by atoms with van der Waals surface area (Å²) in [6.45, 7) is 0.406. The summed E-state index contributed by atoms with van der Waals surface area (Å²) >= 11 is 1.63. The molecule has 2 rings (SSSR count). The Labute approximate surface area is 122 Å². The molecule has 2 amide bonds. The molecule has 1 heterocycles. The molecule has 0 bridgehead atoms. The smallest absolute Gasteiger partial charge is 0.251 e. The monoisotopic (exact) mass is 294 g/mol. The van der Waals surface area contributed by atoms with Gasteiger partial charge < -0.3 is 4.90 Å². The van der Waals surface area contributed by atoms with Gasteiger partial charge in [0.25, 0.3) is 5.91 Å². The molecular formula is C14H18N2O3S. The Kier molecular flexibility index (Phi) is 4.67. The van der Waals surface area contributed by atoms with Crippen molar-refractivity contribution in [3.8, 4) is 0 Å². The molecule has 0 aliphatic carbocycles. The number of hydroxylamine groups is 2. The number of hydrogen-bond donors (Lipinski definition) is 0. The Morgan fingerprint density at radius 2 is 2.25 bits per heavy atom. The first-order valence-corrected chi connectivity index (χ1v) is 7.55. The van der Waals surface area contributed by atoms with Gasteiger partial charge in [-0.25, -0.2) is 5.06 Å². The lowest BCUT2D eigenvalue weighted by atomic mass is 10.1. The van der Waals surface area contributed by atoms with Gasteiger partial charge in [-0.2, -0.15) is 0 Å².